The molecule has 0 spiro atoms. The predicted molar refractivity (Wildman–Crippen MR) is 113 cm³/mol. The first kappa shape index (κ1) is 21.3. The Labute approximate surface area is 181 Å². The van der Waals surface area contributed by atoms with Crippen molar-refractivity contribution in [1.82, 2.24) is 20.0 Å². The molecule has 1 aromatic heterocycles. The fraction of sp³-hybridized carbons (Fsp3) is 0.522. The number of amides is 2. The summed E-state index contributed by atoms with van der Waals surface area (Å²) in [6.45, 7) is 4.05. The summed E-state index contributed by atoms with van der Waals surface area (Å²) in [5, 5.41) is 7.52. The number of hydrogen-bond donors (Lipinski definition) is 1. The summed E-state index contributed by atoms with van der Waals surface area (Å²) in [4.78, 5) is 28.5. The van der Waals surface area contributed by atoms with E-state index in [-0.39, 0.29) is 29.6 Å². The molecule has 8 heteroatoms. The van der Waals surface area contributed by atoms with Crippen molar-refractivity contribution in [2.75, 3.05) is 26.2 Å². The molecule has 2 saturated heterocycles. The molecule has 1 atom stereocenters. The van der Waals surface area contributed by atoms with Gasteiger partial charge < -0.3 is 14.5 Å². The van der Waals surface area contributed by atoms with Crippen molar-refractivity contribution in [3.63, 3.8) is 0 Å². The summed E-state index contributed by atoms with van der Waals surface area (Å²) >= 11 is 0. The monoisotopic (exact) mass is 428 g/mol. The van der Waals surface area contributed by atoms with Crippen molar-refractivity contribution in [1.29, 1.82) is 0 Å². The van der Waals surface area contributed by atoms with Gasteiger partial charge >= 0.3 is 0 Å². The zero-order valence-corrected chi connectivity index (χ0v) is 17.8. The molecule has 1 aromatic carbocycles. The van der Waals surface area contributed by atoms with Gasteiger partial charge in [-0.1, -0.05) is 6.07 Å². The number of hydrogen-bond acceptors (Lipinski definition) is 4. The maximum absolute atomic E-state index is 13.2. The first-order valence-corrected chi connectivity index (χ1v) is 11.0. The second-order valence-electron chi connectivity index (χ2n) is 8.34. The fourth-order valence-electron chi connectivity index (χ4n) is 4.53. The number of rotatable bonds is 6. The number of H-pyrrole nitrogens is 1. The Bertz CT molecular complexity index is 923. The van der Waals surface area contributed by atoms with Gasteiger partial charge in [-0.2, -0.15) is 5.10 Å². The van der Waals surface area contributed by atoms with Gasteiger partial charge in [0.1, 0.15) is 11.6 Å². The van der Waals surface area contributed by atoms with Crippen LogP contribution in [0.3, 0.4) is 0 Å². The van der Waals surface area contributed by atoms with Crippen LogP contribution in [-0.2, 0) is 16.0 Å². The minimum absolute atomic E-state index is 0.00697. The summed E-state index contributed by atoms with van der Waals surface area (Å²) in [7, 11) is 0. The number of halogens is 1. The van der Waals surface area contributed by atoms with E-state index in [0.717, 1.165) is 43.6 Å². The number of carbonyl (C=O) groups is 2. The van der Waals surface area contributed by atoms with E-state index in [1.54, 1.807) is 19.1 Å². The van der Waals surface area contributed by atoms with E-state index in [2.05, 4.69) is 10.2 Å². The third kappa shape index (κ3) is 5.06. The molecule has 0 unspecified atom stereocenters. The number of aromatic nitrogens is 2. The Morgan fingerprint density at radius 2 is 2.00 bits per heavy atom. The van der Waals surface area contributed by atoms with Gasteiger partial charge in [-0.3, -0.25) is 14.7 Å². The number of ether oxygens (including phenoxy) is 1. The Hall–Kier alpha value is -2.90. The Morgan fingerprint density at radius 3 is 2.74 bits per heavy atom. The van der Waals surface area contributed by atoms with Crippen molar-refractivity contribution in [2.45, 2.75) is 45.1 Å². The first-order chi connectivity index (χ1) is 15.0. The van der Waals surface area contributed by atoms with Crippen LogP contribution in [0.25, 0.3) is 0 Å². The minimum atomic E-state index is -0.320. The number of nitrogens with one attached hydrogen (secondary N) is 1. The van der Waals surface area contributed by atoms with E-state index in [4.69, 9.17) is 4.74 Å². The predicted octanol–water partition coefficient (Wildman–Crippen LogP) is 3.09. The van der Waals surface area contributed by atoms with Crippen molar-refractivity contribution in [3.05, 3.63) is 47.5 Å². The number of likely N-dealkylation sites (tertiary alicyclic amines) is 2. The summed E-state index contributed by atoms with van der Waals surface area (Å²) < 4.78 is 18.8. The SMILES string of the molecule is CC(=O)N1CCC(C(=O)N2CCC[C@H]2c2cc(CCOc3cccc(F)c3)[nH]n2)CC1. The second-order valence-corrected chi connectivity index (χ2v) is 8.34. The second kappa shape index (κ2) is 9.49. The number of carbonyl (C=O) groups excluding carboxylic acids is 2. The average Bonchev–Trinajstić information content (AvgIpc) is 3.43. The van der Waals surface area contributed by atoms with Crippen molar-refractivity contribution >= 4 is 11.8 Å². The Balaban J connectivity index is 1.32. The Morgan fingerprint density at radius 1 is 1.19 bits per heavy atom. The Kier molecular flexibility index (Phi) is 6.53. The third-order valence-electron chi connectivity index (χ3n) is 6.25. The van der Waals surface area contributed by atoms with Crippen LogP contribution in [0.1, 0.15) is 50.0 Å². The van der Waals surface area contributed by atoms with Gasteiger partial charge in [0.2, 0.25) is 11.8 Å². The van der Waals surface area contributed by atoms with E-state index < -0.39 is 0 Å². The maximum atomic E-state index is 13.2. The van der Waals surface area contributed by atoms with Crippen LogP contribution < -0.4 is 4.74 Å². The molecule has 4 rings (SSSR count). The first-order valence-electron chi connectivity index (χ1n) is 11.0. The highest BCUT2D eigenvalue weighted by molar-refractivity contribution is 5.80. The van der Waals surface area contributed by atoms with Gasteiger partial charge in [-0.05, 0) is 43.9 Å². The summed E-state index contributed by atoms with van der Waals surface area (Å²) in [6, 6.07) is 8.09. The molecule has 0 bridgehead atoms. The molecule has 2 aromatic rings. The average molecular weight is 429 g/mol. The molecular formula is C23H29FN4O3. The van der Waals surface area contributed by atoms with E-state index >= 15 is 0 Å². The molecule has 2 fully saturated rings. The molecule has 0 radical (unpaired) electrons. The lowest BCUT2D eigenvalue weighted by atomic mass is 9.94. The molecule has 0 saturated carbocycles. The number of piperidine rings is 1. The molecule has 31 heavy (non-hydrogen) atoms. The van der Waals surface area contributed by atoms with Crippen LogP contribution in [0.4, 0.5) is 4.39 Å². The van der Waals surface area contributed by atoms with E-state index in [1.165, 1.54) is 12.1 Å². The molecule has 166 valence electrons. The van der Waals surface area contributed by atoms with Crippen molar-refractivity contribution in [2.24, 2.45) is 5.92 Å². The topological polar surface area (TPSA) is 78.5 Å². The van der Waals surface area contributed by atoms with Gasteiger partial charge in [-0.15, -0.1) is 0 Å². The molecule has 2 aliphatic rings. The summed E-state index contributed by atoms with van der Waals surface area (Å²) in [6.07, 6.45) is 3.94. The lowest BCUT2D eigenvalue weighted by Crippen LogP contribution is -2.43. The zero-order valence-electron chi connectivity index (χ0n) is 17.8. The number of nitrogens with zero attached hydrogens (tertiary/aromatic N) is 3. The summed E-state index contributed by atoms with van der Waals surface area (Å²) in [5.41, 5.74) is 1.81. The van der Waals surface area contributed by atoms with Gasteiger partial charge in [-0.25, -0.2) is 4.39 Å². The van der Waals surface area contributed by atoms with E-state index in [0.29, 0.717) is 31.9 Å². The van der Waals surface area contributed by atoms with Gasteiger partial charge in [0, 0.05) is 50.7 Å². The highest BCUT2D eigenvalue weighted by atomic mass is 19.1. The van der Waals surface area contributed by atoms with Gasteiger partial charge in [0.05, 0.1) is 18.3 Å². The fourth-order valence-corrected chi connectivity index (χ4v) is 4.53. The minimum Gasteiger partial charge on any atom is -0.493 e. The molecular weight excluding hydrogens is 399 g/mol. The smallest absolute Gasteiger partial charge is 0.226 e. The van der Waals surface area contributed by atoms with Crippen LogP contribution in [-0.4, -0.2) is 58.1 Å². The van der Waals surface area contributed by atoms with E-state index in [1.807, 2.05) is 15.9 Å². The van der Waals surface area contributed by atoms with Crippen LogP contribution in [0.15, 0.2) is 30.3 Å². The molecule has 3 heterocycles. The van der Waals surface area contributed by atoms with Crippen molar-refractivity contribution < 1.29 is 18.7 Å². The highest BCUT2D eigenvalue weighted by Crippen LogP contribution is 2.34. The number of benzene rings is 1. The van der Waals surface area contributed by atoms with Gasteiger partial charge in [0.15, 0.2) is 0 Å². The van der Waals surface area contributed by atoms with Crippen LogP contribution >= 0.6 is 0 Å². The lowest BCUT2D eigenvalue weighted by molar-refractivity contribution is -0.140. The van der Waals surface area contributed by atoms with E-state index in [9.17, 15) is 14.0 Å². The molecule has 0 aliphatic carbocycles. The van der Waals surface area contributed by atoms with Crippen molar-refractivity contribution in [3.8, 4) is 5.75 Å². The normalized spacial score (nSPS) is 19.6. The van der Waals surface area contributed by atoms with Crippen LogP contribution in [0.5, 0.6) is 5.75 Å². The quantitative estimate of drug-likeness (QED) is 0.767. The summed E-state index contributed by atoms with van der Waals surface area (Å²) in [5.74, 6) is 0.428. The highest BCUT2D eigenvalue weighted by Gasteiger charge is 2.36. The lowest BCUT2D eigenvalue weighted by Gasteiger charge is -2.34. The molecule has 7 nitrogen and oxygen atoms in total. The molecule has 2 aliphatic heterocycles. The standard InChI is InChI=1S/C23H29FN4O3/c1-16(29)27-11-7-17(8-12-27)23(30)28-10-3-6-22(28)21-15-19(25-26-21)9-13-31-20-5-2-4-18(24)14-20/h2,4-5,14-15,17,22H,3,6-13H2,1H3,(H,25,26)/t22-/m0/s1. The van der Waals surface area contributed by atoms with Gasteiger partial charge in [0.25, 0.3) is 0 Å². The van der Waals surface area contributed by atoms with Crippen LogP contribution in [0, 0.1) is 11.7 Å². The third-order valence-corrected chi connectivity index (χ3v) is 6.25. The zero-order chi connectivity index (χ0) is 21.8. The van der Waals surface area contributed by atoms with Crippen LogP contribution in [0.2, 0.25) is 0 Å². The largest absolute Gasteiger partial charge is 0.493 e. The molecule has 1 N–H and O–H groups in total. The number of aromatic amines is 1. The maximum Gasteiger partial charge on any atom is 0.226 e. The molecule has 2 amide bonds.